The second kappa shape index (κ2) is 10.9. The molecule has 6 heteroatoms. The number of rotatable bonds is 12. The third kappa shape index (κ3) is 6.03. The highest BCUT2D eigenvalue weighted by molar-refractivity contribution is 5.40. The lowest BCUT2D eigenvalue weighted by Crippen LogP contribution is -2.22. The number of aromatic nitrogens is 2. The first-order valence-corrected chi connectivity index (χ1v) is 13.9. The first-order chi connectivity index (χ1) is 17.0. The molecule has 0 amide bonds. The van der Waals surface area contributed by atoms with Crippen LogP contribution < -0.4 is 0 Å². The van der Waals surface area contributed by atoms with Crippen LogP contribution in [-0.4, -0.2) is 85.1 Å². The summed E-state index contributed by atoms with van der Waals surface area (Å²) in [5, 5.41) is 0. The molecule has 1 fully saturated rings. The monoisotopic (exact) mass is 512 g/mol. The highest BCUT2D eigenvalue weighted by atomic mass is 15.1. The highest BCUT2D eigenvalue weighted by Gasteiger charge is 2.61. The Labute approximate surface area is 228 Å². The van der Waals surface area contributed by atoms with Crippen molar-refractivity contribution in [3.63, 3.8) is 0 Å². The Balaban J connectivity index is 1.93. The van der Waals surface area contributed by atoms with Crippen LogP contribution in [0.5, 0.6) is 0 Å². The van der Waals surface area contributed by atoms with Crippen molar-refractivity contribution < 1.29 is 0 Å². The maximum Gasteiger partial charge on any atom is 0.0284 e. The zero-order valence-corrected chi connectivity index (χ0v) is 26.6. The van der Waals surface area contributed by atoms with Crippen LogP contribution in [0.4, 0.5) is 0 Å². The standard InChI is InChI=1S/C31H56N6/c1-22-26(15-32(7)8)27(16-33(9)10)23(2)36(22)20-30(5)19-31(30,6)21-37-24(3)28(17-34(11)12)29(25(37)4)18-35(13)14/h15-21H2,1-14H3. The predicted molar refractivity (Wildman–Crippen MR) is 158 cm³/mol. The Morgan fingerprint density at radius 1 is 0.486 bits per heavy atom. The molecular weight excluding hydrogens is 456 g/mol. The van der Waals surface area contributed by atoms with Crippen LogP contribution in [-0.2, 0) is 39.3 Å². The van der Waals surface area contributed by atoms with Crippen LogP contribution in [0.15, 0.2) is 0 Å². The zero-order chi connectivity index (χ0) is 28.0. The van der Waals surface area contributed by atoms with Gasteiger partial charge in [-0.2, -0.15) is 0 Å². The van der Waals surface area contributed by atoms with E-state index in [-0.39, 0.29) is 0 Å². The molecule has 0 aromatic carbocycles. The molecule has 210 valence electrons. The number of hydrogen-bond donors (Lipinski definition) is 0. The van der Waals surface area contributed by atoms with Gasteiger partial charge < -0.3 is 28.7 Å². The maximum absolute atomic E-state index is 2.65. The van der Waals surface area contributed by atoms with Crippen LogP contribution >= 0.6 is 0 Å². The Morgan fingerprint density at radius 3 is 0.892 bits per heavy atom. The second-order valence-electron chi connectivity index (χ2n) is 13.7. The topological polar surface area (TPSA) is 22.8 Å². The lowest BCUT2D eigenvalue weighted by molar-refractivity contribution is 0.298. The van der Waals surface area contributed by atoms with E-state index in [1.807, 2.05) is 0 Å². The summed E-state index contributed by atoms with van der Waals surface area (Å²) in [5.41, 5.74) is 12.4. The van der Waals surface area contributed by atoms with Gasteiger partial charge in [-0.15, -0.1) is 0 Å². The van der Waals surface area contributed by atoms with E-state index >= 15 is 0 Å². The molecule has 0 N–H and O–H groups in total. The van der Waals surface area contributed by atoms with E-state index in [0.29, 0.717) is 10.8 Å². The van der Waals surface area contributed by atoms with Gasteiger partial charge in [-0.25, -0.2) is 0 Å². The summed E-state index contributed by atoms with van der Waals surface area (Å²) >= 11 is 0. The summed E-state index contributed by atoms with van der Waals surface area (Å²) in [6, 6.07) is 0. The van der Waals surface area contributed by atoms with Gasteiger partial charge >= 0.3 is 0 Å². The molecule has 2 atom stereocenters. The summed E-state index contributed by atoms with van der Waals surface area (Å²) < 4.78 is 5.29. The van der Waals surface area contributed by atoms with Crippen molar-refractivity contribution in [1.82, 2.24) is 28.7 Å². The maximum atomic E-state index is 2.65. The Bertz CT molecular complexity index is 949. The van der Waals surface area contributed by atoms with Crippen molar-refractivity contribution in [2.24, 2.45) is 10.8 Å². The highest BCUT2D eigenvalue weighted by Crippen LogP contribution is 2.65. The molecule has 0 aliphatic heterocycles. The molecule has 2 heterocycles. The fraction of sp³-hybridized carbons (Fsp3) is 0.742. The quantitative estimate of drug-likeness (QED) is 0.404. The summed E-state index contributed by atoms with van der Waals surface area (Å²) in [4.78, 5) is 9.23. The molecule has 0 radical (unpaired) electrons. The van der Waals surface area contributed by atoms with Gasteiger partial charge in [0.1, 0.15) is 0 Å². The van der Waals surface area contributed by atoms with Gasteiger partial charge in [0.15, 0.2) is 0 Å². The summed E-state index contributed by atoms with van der Waals surface area (Å²) in [6.07, 6.45) is 1.27. The lowest BCUT2D eigenvalue weighted by atomic mass is 9.95. The zero-order valence-electron chi connectivity index (χ0n) is 26.6. The molecule has 1 aliphatic carbocycles. The average molecular weight is 513 g/mol. The Morgan fingerprint density at radius 2 is 0.703 bits per heavy atom. The number of hydrogen-bond acceptors (Lipinski definition) is 4. The molecule has 2 aromatic rings. The molecular formula is C31H56N6. The fourth-order valence-corrected chi connectivity index (χ4v) is 6.62. The molecule has 1 aliphatic rings. The minimum absolute atomic E-state index is 0.291. The van der Waals surface area contributed by atoms with E-state index in [1.54, 1.807) is 0 Å². The Hall–Kier alpha value is -1.60. The van der Waals surface area contributed by atoms with Crippen LogP contribution in [0.1, 0.15) is 65.3 Å². The molecule has 0 bridgehead atoms. The largest absolute Gasteiger partial charge is 0.348 e. The fourth-order valence-electron chi connectivity index (χ4n) is 6.62. The van der Waals surface area contributed by atoms with Crippen molar-refractivity contribution in [3.05, 3.63) is 45.0 Å². The van der Waals surface area contributed by atoms with Crippen LogP contribution in [0, 0.1) is 38.5 Å². The van der Waals surface area contributed by atoms with Crippen molar-refractivity contribution in [3.8, 4) is 0 Å². The number of nitrogens with zero attached hydrogens (tertiary/aromatic N) is 6. The van der Waals surface area contributed by atoms with E-state index in [1.165, 1.54) is 51.5 Å². The molecule has 2 aromatic heterocycles. The van der Waals surface area contributed by atoms with Crippen molar-refractivity contribution in [1.29, 1.82) is 0 Å². The van der Waals surface area contributed by atoms with E-state index in [2.05, 4.69) is 127 Å². The van der Waals surface area contributed by atoms with Crippen molar-refractivity contribution in [2.45, 2.75) is 87.2 Å². The van der Waals surface area contributed by atoms with Crippen molar-refractivity contribution in [2.75, 3.05) is 56.4 Å². The molecule has 6 nitrogen and oxygen atoms in total. The average Bonchev–Trinajstić information content (AvgIpc) is 3.16. The van der Waals surface area contributed by atoms with Gasteiger partial charge in [0.25, 0.3) is 0 Å². The van der Waals surface area contributed by atoms with Gasteiger partial charge in [-0.05, 0) is 124 Å². The molecule has 0 saturated heterocycles. The SMILES string of the molecule is Cc1c(CN(C)C)c(CN(C)C)c(C)n1CC1(C)CC1(C)Cn1c(C)c(CN(C)C)c(CN(C)C)c1C. The third-order valence-corrected chi connectivity index (χ3v) is 9.12. The van der Waals surface area contributed by atoms with E-state index in [0.717, 1.165) is 39.3 Å². The van der Waals surface area contributed by atoms with Gasteiger partial charge in [0.05, 0.1) is 0 Å². The Kier molecular flexibility index (Phi) is 8.80. The smallest absolute Gasteiger partial charge is 0.0284 e. The van der Waals surface area contributed by atoms with Gasteiger partial charge in [0.2, 0.25) is 0 Å². The third-order valence-electron chi connectivity index (χ3n) is 9.12. The second-order valence-corrected chi connectivity index (χ2v) is 13.7. The van der Waals surface area contributed by atoms with Crippen LogP contribution in [0.2, 0.25) is 0 Å². The lowest BCUT2D eigenvalue weighted by Gasteiger charge is -2.24. The first-order valence-electron chi connectivity index (χ1n) is 13.9. The van der Waals surface area contributed by atoms with E-state index in [9.17, 15) is 0 Å². The summed E-state index contributed by atoms with van der Waals surface area (Å²) in [5.74, 6) is 0. The van der Waals surface area contributed by atoms with Gasteiger partial charge in [-0.3, -0.25) is 0 Å². The normalized spacial score (nSPS) is 21.9. The minimum Gasteiger partial charge on any atom is -0.348 e. The van der Waals surface area contributed by atoms with E-state index in [4.69, 9.17) is 0 Å². The van der Waals surface area contributed by atoms with Gasteiger partial charge in [-0.1, -0.05) is 13.8 Å². The minimum atomic E-state index is 0.291. The molecule has 0 spiro atoms. The van der Waals surface area contributed by atoms with Gasteiger partial charge in [0, 0.05) is 62.0 Å². The van der Waals surface area contributed by atoms with Crippen LogP contribution in [0.25, 0.3) is 0 Å². The van der Waals surface area contributed by atoms with Crippen molar-refractivity contribution >= 4 is 0 Å². The molecule has 37 heavy (non-hydrogen) atoms. The molecule has 2 unspecified atom stereocenters. The molecule has 3 rings (SSSR count). The molecule has 1 saturated carbocycles. The first kappa shape index (κ1) is 29.9. The van der Waals surface area contributed by atoms with E-state index < -0.39 is 0 Å². The van der Waals surface area contributed by atoms with Crippen LogP contribution in [0.3, 0.4) is 0 Å². The predicted octanol–water partition coefficient (Wildman–Crippen LogP) is 4.89. The summed E-state index contributed by atoms with van der Waals surface area (Å²) in [7, 11) is 17.5. The summed E-state index contributed by atoms with van der Waals surface area (Å²) in [6.45, 7) is 20.6.